The minimum Gasteiger partial charge on any atom is -0.382 e. The van der Waals surface area contributed by atoms with Gasteiger partial charge in [-0.25, -0.2) is 4.98 Å². The molecule has 0 atom stereocenters. The van der Waals surface area contributed by atoms with Gasteiger partial charge in [-0.2, -0.15) is 4.68 Å². The number of nitrogens with two attached hydrogens (primary N) is 1. The fourth-order valence-corrected chi connectivity index (χ4v) is 3.18. The molecule has 0 aliphatic heterocycles. The molecule has 0 unspecified atom stereocenters. The number of tetrazole rings is 1. The van der Waals surface area contributed by atoms with Gasteiger partial charge >= 0.3 is 0 Å². The molecule has 3 N–H and O–H groups in total. The third kappa shape index (κ3) is 4.40. The Kier molecular flexibility index (Phi) is 5.65. The Hall–Kier alpha value is -4.14. The zero-order valence-corrected chi connectivity index (χ0v) is 17.3. The summed E-state index contributed by atoms with van der Waals surface area (Å²) in [7, 11) is 0. The predicted octanol–water partition coefficient (Wildman–Crippen LogP) is 2.50. The van der Waals surface area contributed by atoms with E-state index in [1.807, 2.05) is 50.2 Å². The summed E-state index contributed by atoms with van der Waals surface area (Å²) < 4.78 is 1.65. The average molecular weight is 414 g/mol. The Balaban J connectivity index is 1.71. The van der Waals surface area contributed by atoms with E-state index in [0.29, 0.717) is 29.2 Å². The van der Waals surface area contributed by atoms with Gasteiger partial charge in [-0.05, 0) is 46.7 Å². The maximum atomic E-state index is 13.0. The lowest BCUT2D eigenvalue weighted by Gasteiger charge is -2.12. The van der Waals surface area contributed by atoms with Crippen molar-refractivity contribution in [1.29, 1.82) is 0 Å². The molecule has 4 aromatic rings. The van der Waals surface area contributed by atoms with Crippen molar-refractivity contribution in [3.05, 3.63) is 77.5 Å². The van der Waals surface area contributed by atoms with Crippen LogP contribution in [0.4, 0.5) is 5.82 Å². The lowest BCUT2D eigenvalue weighted by atomic mass is 10.0. The van der Waals surface area contributed by atoms with Crippen molar-refractivity contribution in [2.75, 3.05) is 5.73 Å². The van der Waals surface area contributed by atoms with Gasteiger partial charge in [0.15, 0.2) is 5.82 Å². The van der Waals surface area contributed by atoms with Crippen LogP contribution in [0.3, 0.4) is 0 Å². The minimum absolute atomic E-state index is 0.174. The molecule has 0 saturated heterocycles. The molecule has 4 rings (SSSR count). The standard InChI is InChI=1S/C22H22N8O/c1-3-20-27-28-29-30(20)18-11-16(15-6-4-14(2)5-7-15)10-17(12-18)22(31)26-13-19-21(23)25-9-8-24-19/h4-12H,3,13H2,1-2H3,(H2,23,25)(H,26,31). The largest absolute Gasteiger partial charge is 0.382 e. The first kappa shape index (κ1) is 20.1. The van der Waals surface area contributed by atoms with Gasteiger partial charge < -0.3 is 11.1 Å². The second-order valence-electron chi connectivity index (χ2n) is 7.07. The number of nitrogens with one attached hydrogen (secondary N) is 1. The molecule has 2 aromatic heterocycles. The van der Waals surface area contributed by atoms with E-state index < -0.39 is 0 Å². The Bertz CT molecular complexity index is 1220. The molecule has 31 heavy (non-hydrogen) atoms. The highest BCUT2D eigenvalue weighted by Gasteiger charge is 2.14. The molecule has 0 radical (unpaired) electrons. The number of amides is 1. The van der Waals surface area contributed by atoms with Crippen molar-refractivity contribution in [3.8, 4) is 16.8 Å². The quantitative estimate of drug-likeness (QED) is 0.497. The number of hydrogen-bond donors (Lipinski definition) is 2. The summed E-state index contributed by atoms with van der Waals surface area (Å²) in [5, 5.41) is 14.8. The zero-order valence-electron chi connectivity index (χ0n) is 17.3. The van der Waals surface area contributed by atoms with Gasteiger partial charge in [0.05, 0.1) is 12.2 Å². The third-order valence-corrected chi connectivity index (χ3v) is 4.88. The van der Waals surface area contributed by atoms with Gasteiger partial charge in [0.2, 0.25) is 0 Å². The second-order valence-corrected chi connectivity index (χ2v) is 7.07. The van der Waals surface area contributed by atoms with E-state index in [4.69, 9.17) is 5.73 Å². The lowest BCUT2D eigenvalue weighted by molar-refractivity contribution is 0.0950. The molecule has 1 amide bonds. The van der Waals surface area contributed by atoms with Gasteiger partial charge in [-0.3, -0.25) is 9.78 Å². The van der Waals surface area contributed by atoms with E-state index in [0.717, 1.165) is 16.7 Å². The van der Waals surface area contributed by atoms with Crippen LogP contribution in [0.25, 0.3) is 16.8 Å². The summed E-state index contributed by atoms with van der Waals surface area (Å²) in [5.41, 5.74) is 10.6. The fourth-order valence-electron chi connectivity index (χ4n) is 3.18. The number of aryl methyl sites for hydroxylation is 2. The third-order valence-electron chi connectivity index (χ3n) is 4.88. The van der Waals surface area contributed by atoms with Crippen molar-refractivity contribution in [2.45, 2.75) is 26.8 Å². The maximum absolute atomic E-state index is 13.0. The van der Waals surface area contributed by atoms with Gasteiger partial charge in [0.25, 0.3) is 5.91 Å². The molecule has 0 bridgehead atoms. The highest BCUT2D eigenvalue weighted by atomic mass is 16.1. The van der Waals surface area contributed by atoms with E-state index in [2.05, 4.69) is 30.8 Å². The van der Waals surface area contributed by atoms with Crippen LogP contribution in [0.2, 0.25) is 0 Å². The van der Waals surface area contributed by atoms with E-state index >= 15 is 0 Å². The molecule has 2 aromatic carbocycles. The topological polar surface area (TPSA) is 124 Å². The average Bonchev–Trinajstić information content (AvgIpc) is 3.27. The number of nitrogens with zero attached hydrogens (tertiary/aromatic N) is 6. The number of hydrogen-bond acceptors (Lipinski definition) is 7. The molecule has 9 heteroatoms. The molecule has 2 heterocycles. The SMILES string of the molecule is CCc1nnnn1-c1cc(C(=O)NCc2nccnc2N)cc(-c2ccc(C)cc2)c1. The second kappa shape index (κ2) is 8.70. The van der Waals surface area contributed by atoms with Gasteiger partial charge in [0, 0.05) is 24.4 Å². The van der Waals surface area contributed by atoms with Crippen LogP contribution in [-0.2, 0) is 13.0 Å². The van der Waals surface area contributed by atoms with E-state index in [9.17, 15) is 4.79 Å². The number of aromatic nitrogens is 6. The summed E-state index contributed by atoms with van der Waals surface area (Å²) in [6.07, 6.45) is 3.71. The van der Waals surface area contributed by atoms with Gasteiger partial charge in [-0.15, -0.1) is 5.10 Å². The van der Waals surface area contributed by atoms with Crippen LogP contribution in [0.15, 0.2) is 54.9 Å². The summed E-state index contributed by atoms with van der Waals surface area (Å²) in [5.74, 6) is 0.740. The van der Waals surface area contributed by atoms with Crippen molar-refractivity contribution < 1.29 is 4.79 Å². The molecule has 156 valence electrons. The van der Waals surface area contributed by atoms with Gasteiger partial charge in [0.1, 0.15) is 11.5 Å². The van der Waals surface area contributed by atoms with Crippen molar-refractivity contribution >= 4 is 11.7 Å². The minimum atomic E-state index is -0.258. The first-order valence-corrected chi connectivity index (χ1v) is 9.88. The number of benzene rings is 2. The maximum Gasteiger partial charge on any atom is 0.251 e. The smallest absolute Gasteiger partial charge is 0.251 e. The van der Waals surface area contributed by atoms with Crippen molar-refractivity contribution in [3.63, 3.8) is 0 Å². The summed E-state index contributed by atoms with van der Waals surface area (Å²) in [6, 6.07) is 13.7. The molecule has 9 nitrogen and oxygen atoms in total. The number of anilines is 1. The highest BCUT2D eigenvalue weighted by Crippen LogP contribution is 2.25. The Morgan fingerprint density at radius 3 is 2.58 bits per heavy atom. The fraction of sp³-hybridized carbons (Fsp3) is 0.182. The molecular formula is C22H22N8O. The first-order valence-electron chi connectivity index (χ1n) is 9.88. The van der Waals surface area contributed by atoms with Crippen LogP contribution in [-0.4, -0.2) is 36.1 Å². The highest BCUT2D eigenvalue weighted by molar-refractivity contribution is 5.96. The van der Waals surface area contributed by atoms with Crippen LogP contribution in [0, 0.1) is 6.92 Å². The molecule has 0 saturated carbocycles. The van der Waals surface area contributed by atoms with E-state index in [-0.39, 0.29) is 18.3 Å². The summed E-state index contributed by atoms with van der Waals surface area (Å²) in [6.45, 7) is 4.19. The van der Waals surface area contributed by atoms with Crippen LogP contribution < -0.4 is 11.1 Å². The molecule has 0 aliphatic rings. The van der Waals surface area contributed by atoms with Crippen molar-refractivity contribution in [2.24, 2.45) is 0 Å². The molecule has 0 spiro atoms. The van der Waals surface area contributed by atoms with Crippen molar-refractivity contribution in [1.82, 2.24) is 35.5 Å². The van der Waals surface area contributed by atoms with E-state index in [1.54, 1.807) is 10.7 Å². The summed E-state index contributed by atoms with van der Waals surface area (Å²) >= 11 is 0. The Labute approximate surface area is 179 Å². The number of carbonyl (C=O) groups is 1. The van der Waals surface area contributed by atoms with Crippen LogP contribution >= 0.6 is 0 Å². The molecule has 0 fully saturated rings. The van der Waals surface area contributed by atoms with Crippen LogP contribution in [0.1, 0.15) is 34.4 Å². The number of rotatable bonds is 6. The molecular weight excluding hydrogens is 392 g/mol. The predicted molar refractivity (Wildman–Crippen MR) is 116 cm³/mol. The van der Waals surface area contributed by atoms with E-state index in [1.165, 1.54) is 12.4 Å². The lowest BCUT2D eigenvalue weighted by Crippen LogP contribution is -2.24. The number of nitrogen functional groups attached to an aromatic ring is 1. The zero-order chi connectivity index (χ0) is 21.8. The Morgan fingerprint density at radius 1 is 1.06 bits per heavy atom. The Morgan fingerprint density at radius 2 is 1.84 bits per heavy atom. The monoisotopic (exact) mass is 414 g/mol. The molecule has 0 aliphatic carbocycles. The summed E-state index contributed by atoms with van der Waals surface area (Å²) in [4.78, 5) is 21.1. The number of carbonyl (C=O) groups excluding carboxylic acids is 1. The van der Waals surface area contributed by atoms with Gasteiger partial charge in [-0.1, -0.05) is 36.8 Å². The normalized spacial score (nSPS) is 10.8. The van der Waals surface area contributed by atoms with Crippen LogP contribution in [0.5, 0.6) is 0 Å². The first-order chi connectivity index (χ1) is 15.0.